The number of aliphatic hydroxyl groups excluding tert-OH is 2. The van der Waals surface area contributed by atoms with Crippen LogP contribution in [-0.2, 0) is 33.3 Å². The minimum Gasteiger partial charge on any atom is -0.465 e. The lowest BCUT2D eigenvalue weighted by atomic mass is 9.88. The summed E-state index contributed by atoms with van der Waals surface area (Å²) in [5.41, 5.74) is 0. The summed E-state index contributed by atoms with van der Waals surface area (Å²) in [5, 5.41) is 23.9. The molecular formula is C16H27NO9. The highest BCUT2D eigenvalue weighted by atomic mass is 16.8. The van der Waals surface area contributed by atoms with Crippen molar-refractivity contribution < 1.29 is 43.5 Å². The minimum atomic E-state index is -1.91. The topological polar surface area (TPSA) is 133 Å². The van der Waals surface area contributed by atoms with Crippen molar-refractivity contribution in [1.82, 2.24) is 5.32 Å². The summed E-state index contributed by atoms with van der Waals surface area (Å²) >= 11 is 0. The lowest BCUT2D eigenvalue weighted by Gasteiger charge is -2.46. The van der Waals surface area contributed by atoms with Crippen LogP contribution >= 0.6 is 0 Å². The fourth-order valence-corrected chi connectivity index (χ4v) is 3.25. The number of hydrogen-bond donors (Lipinski definition) is 3. The zero-order valence-corrected chi connectivity index (χ0v) is 15.6. The number of ether oxygens (including phenoxy) is 5. The Kier molecular flexibility index (Phi) is 6.26. The van der Waals surface area contributed by atoms with Gasteiger partial charge in [-0.25, -0.2) is 4.79 Å². The van der Waals surface area contributed by atoms with Gasteiger partial charge in [0.1, 0.15) is 18.3 Å². The Bertz CT molecular complexity index is 540. The summed E-state index contributed by atoms with van der Waals surface area (Å²) < 4.78 is 26.7. The lowest BCUT2D eigenvalue weighted by molar-refractivity contribution is -0.305. The van der Waals surface area contributed by atoms with Crippen LogP contribution in [0.1, 0.15) is 27.2 Å². The molecule has 6 atom stereocenters. The summed E-state index contributed by atoms with van der Waals surface area (Å²) in [7, 11) is 2.38. The van der Waals surface area contributed by atoms with Crippen LogP contribution in [0.25, 0.3) is 0 Å². The number of esters is 1. The van der Waals surface area contributed by atoms with Gasteiger partial charge in [0, 0.05) is 20.5 Å². The highest BCUT2D eigenvalue weighted by Crippen LogP contribution is 2.35. The SMILES string of the molecule is COC(=O)[C@]1(OC)C[C@H](O)[C@@H](NC(C)=O)[C@H]([C@H](O)[C@H]2COC(C)(C)O2)O1. The Morgan fingerprint density at radius 1 is 1.27 bits per heavy atom. The largest absolute Gasteiger partial charge is 0.465 e. The average Bonchev–Trinajstić information content (AvgIpc) is 2.94. The molecule has 0 aromatic rings. The van der Waals surface area contributed by atoms with Crippen molar-refractivity contribution in [3.8, 4) is 0 Å². The van der Waals surface area contributed by atoms with E-state index in [4.69, 9.17) is 23.7 Å². The van der Waals surface area contributed by atoms with Crippen LogP contribution in [0.2, 0.25) is 0 Å². The Labute approximate surface area is 151 Å². The molecule has 0 aliphatic carbocycles. The predicted molar refractivity (Wildman–Crippen MR) is 85.8 cm³/mol. The standard InChI is InChI=1S/C16H27NO9/c1-8(18)17-11-9(19)6-16(23-5,14(21)22-4)26-13(11)12(20)10-7-24-15(2,3)25-10/h9-13,19-20H,6-7H2,1-5H3,(H,17,18)/t9-,10+,11+,12+,13+,16-/m0/s1. The second kappa shape index (κ2) is 7.75. The molecule has 0 aromatic carbocycles. The third kappa shape index (κ3) is 4.16. The molecular weight excluding hydrogens is 350 g/mol. The van der Waals surface area contributed by atoms with Crippen LogP contribution in [0.15, 0.2) is 0 Å². The minimum absolute atomic E-state index is 0.0785. The normalized spacial score (nSPS) is 37.8. The number of methoxy groups -OCH3 is 2. The predicted octanol–water partition coefficient (Wildman–Crippen LogP) is -1.33. The maximum Gasteiger partial charge on any atom is 0.366 e. The molecule has 1 amide bonds. The molecule has 2 heterocycles. The fourth-order valence-electron chi connectivity index (χ4n) is 3.25. The van der Waals surface area contributed by atoms with E-state index in [2.05, 4.69) is 5.32 Å². The molecule has 150 valence electrons. The van der Waals surface area contributed by atoms with Crippen molar-refractivity contribution in [2.45, 2.75) is 69.2 Å². The monoisotopic (exact) mass is 377 g/mol. The van der Waals surface area contributed by atoms with Gasteiger partial charge in [0.15, 0.2) is 5.79 Å². The van der Waals surface area contributed by atoms with Crippen LogP contribution < -0.4 is 5.32 Å². The maximum absolute atomic E-state index is 12.2. The second-order valence-electron chi connectivity index (χ2n) is 6.89. The van der Waals surface area contributed by atoms with Crippen LogP contribution in [0.3, 0.4) is 0 Å². The summed E-state index contributed by atoms with van der Waals surface area (Å²) in [6, 6.07) is -0.984. The molecule has 2 aliphatic heterocycles. The first kappa shape index (κ1) is 21.0. The van der Waals surface area contributed by atoms with E-state index < -0.39 is 53.9 Å². The quantitative estimate of drug-likeness (QED) is 0.498. The molecule has 0 radical (unpaired) electrons. The van der Waals surface area contributed by atoms with Crippen LogP contribution in [0.4, 0.5) is 0 Å². The van der Waals surface area contributed by atoms with E-state index in [1.807, 2.05) is 0 Å². The first-order valence-electron chi connectivity index (χ1n) is 8.31. The van der Waals surface area contributed by atoms with Gasteiger partial charge in [-0.05, 0) is 13.8 Å². The van der Waals surface area contributed by atoms with Crippen molar-refractivity contribution in [3.05, 3.63) is 0 Å². The van der Waals surface area contributed by atoms with E-state index in [1.165, 1.54) is 14.0 Å². The fraction of sp³-hybridized carbons (Fsp3) is 0.875. The third-order valence-electron chi connectivity index (χ3n) is 4.52. The molecule has 10 nitrogen and oxygen atoms in total. The summed E-state index contributed by atoms with van der Waals surface area (Å²) in [6.45, 7) is 4.73. The van der Waals surface area contributed by atoms with Crippen LogP contribution in [0.5, 0.6) is 0 Å². The van der Waals surface area contributed by atoms with Gasteiger partial charge < -0.3 is 39.2 Å². The van der Waals surface area contributed by atoms with Crippen molar-refractivity contribution in [2.24, 2.45) is 0 Å². The van der Waals surface area contributed by atoms with Gasteiger partial charge in [0.25, 0.3) is 5.79 Å². The van der Waals surface area contributed by atoms with E-state index in [-0.39, 0.29) is 13.0 Å². The number of amides is 1. The molecule has 2 rings (SSSR count). The summed E-state index contributed by atoms with van der Waals surface area (Å²) in [5.74, 6) is -4.10. The van der Waals surface area contributed by atoms with E-state index in [0.717, 1.165) is 7.11 Å². The smallest absolute Gasteiger partial charge is 0.366 e. The zero-order chi connectivity index (χ0) is 19.7. The summed E-state index contributed by atoms with van der Waals surface area (Å²) in [6.07, 6.45) is -4.82. The Morgan fingerprint density at radius 2 is 1.92 bits per heavy atom. The lowest BCUT2D eigenvalue weighted by Crippen LogP contribution is -2.67. The van der Waals surface area contributed by atoms with Crippen molar-refractivity contribution >= 4 is 11.9 Å². The first-order valence-corrected chi connectivity index (χ1v) is 8.31. The molecule has 2 fully saturated rings. The molecule has 10 heteroatoms. The van der Waals surface area contributed by atoms with Gasteiger partial charge in [-0.2, -0.15) is 0 Å². The van der Waals surface area contributed by atoms with Crippen molar-refractivity contribution in [2.75, 3.05) is 20.8 Å². The van der Waals surface area contributed by atoms with E-state index in [1.54, 1.807) is 13.8 Å². The molecule has 2 saturated heterocycles. The maximum atomic E-state index is 12.2. The van der Waals surface area contributed by atoms with E-state index >= 15 is 0 Å². The van der Waals surface area contributed by atoms with E-state index in [9.17, 15) is 19.8 Å². The molecule has 0 spiro atoms. The van der Waals surface area contributed by atoms with Gasteiger partial charge in [0.2, 0.25) is 5.91 Å². The number of rotatable bonds is 5. The van der Waals surface area contributed by atoms with Gasteiger partial charge in [0.05, 0.1) is 25.9 Å². The third-order valence-corrected chi connectivity index (χ3v) is 4.52. The highest BCUT2D eigenvalue weighted by molar-refractivity contribution is 5.78. The Hall–Kier alpha value is -1.30. The van der Waals surface area contributed by atoms with Crippen molar-refractivity contribution in [3.63, 3.8) is 0 Å². The van der Waals surface area contributed by atoms with Gasteiger partial charge in [-0.3, -0.25) is 4.79 Å². The number of hydrogen-bond acceptors (Lipinski definition) is 9. The number of carbonyl (C=O) groups is 2. The van der Waals surface area contributed by atoms with Crippen LogP contribution in [0, 0.1) is 0 Å². The molecule has 0 unspecified atom stereocenters. The van der Waals surface area contributed by atoms with Gasteiger partial charge in [-0.15, -0.1) is 0 Å². The molecule has 0 aromatic heterocycles. The average molecular weight is 377 g/mol. The Balaban J connectivity index is 2.31. The zero-order valence-electron chi connectivity index (χ0n) is 15.6. The summed E-state index contributed by atoms with van der Waals surface area (Å²) in [4.78, 5) is 23.7. The van der Waals surface area contributed by atoms with Gasteiger partial charge in [-0.1, -0.05) is 0 Å². The molecule has 0 bridgehead atoms. The first-order chi connectivity index (χ1) is 12.0. The van der Waals surface area contributed by atoms with E-state index in [0.29, 0.717) is 0 Å². The molecule has 2 aliphatic rings. The Morgan fingerprint density at radius 3 is 2.38 bits per heavy atom. The molecule has 0 saturated carbocycles. The van der Waals surface area contributed by atoms with Crippen LogP contribution in [-0.4, -0.2) is 84.9 Å². The highest BCUT2D eigenvalue weighted by Gasteiger charge is 2.56. The van der Waals surface area contributed by atoms with Crippen molar-refractivity contribution in [1.29, 1.82) is 0 Å². The van der Waals surface area contributed by atoms with Gasteiger partial charge >= 0.3 is 5.97 Å². The second-order valence-corrected chi connectivity index (χ2v) is 6.89. The number of nitrogens with one attached hydrogen (secondary N) is 1. The number of carbonyl (C=O) groups excluding carboxylic acids is 2. The molecule has 3 N–H and O–H groups in total. The number of aliphatic hydroxyl groups is 2. The molecule has 26 heavy (non-hydrogen) atoms.